The fourth-order valence-corrected chi connectivity index (χ4v) is 3.12. The lowest BCUT2D eigenvalue weighted by Gasteiger charge is -2.35. The zero-order chi connectivity index (χ0) is 16.1. The van der Waals surface area contributed by atoms with Crippen LogP contribution in [0.2, 0.25) is 0 Å². The molecular weight excluding hydrogens is 288 g/mol. The summed E-state index contributed by atoms with van der Waals surface area (Å²) in [6.07, 6.45) is -0.238. The third-order valence-electron chi connectivity index (χ3n) is 4.38. The van der Waals surface area contributed by atoms with E-state index >= 15 is 0 Å². The lowest BCUT2D eigenvalue weighted by atomic mass is 10.1. The number of piperazine rings is 1. The summed E-state index contributed by atoms with van der Waals surface area (Å²) in [6.45, 7) is 8.46. The molecule has 1 aliphatic heterocycles. The number of aliphatic hydroxyl groups excluding tert-OH is 1. The molecule has 4 heteroatoms. The molecule has 0 aliphatic carbocycles. The van der Waals surface area contributed by atoms with Crippen LogP contribution in [-0.4, -0.2) is 66.9 Å². The highest BCUT2D eigenvalue weighted by Crippen LogP contribution is 2.20. The van der Waals surface area contributed by atoms with Crippen LogP contribution in [-0.2, 0) is 0 Å². The second-order valence-corrected chi connectivity index (χ2v) is 6.35. The standard InChI is InChI=1S/C19H26N2O2/c1-16(22)15-21-10-8-20(9-11-21)12-13-23-19-7-6-17-4-2-3-5-18(17)14-19/h2-7,14,16,22H,8-13,15H2,1H3. The van der Waals surface area contributed by atoms with Crippen molar-refractivity contribution in [3.05, 3.63) is 42.5 Å². The second-order valence-electron chi connectivity index (χ2n) is 6.35. The van der Waals surface area contributed by atoms with Gasteiger partial charge in [0.15, 0.2) is 0 Å². The van der Waals surface area contributed by atoms with Crippen LogP contribution in [0.1, 0.15) is 6.92 Å². The van der Waals surface area contributed by atoms with Gasteiger partial charge in [-0.25, -0.2) is 0 Å². The molecule has 1 N–H and O–H groups in total. The molecule has 0 bridgehead atoms. The number of benzene rings is 2. The van der Waals surface area contributed by atoms with Crippen LogP contribution >= 0.6 is 0 Å². The molecule has 0 amide bonds. The monoisotopic (exact) mass is 314 g/mol. The molecule has 4 nitrogen and oxygen atoms in total. The predicted molar refractivity (Wildman–Crippen MR) is 94.0 cm³/mol. The van der Waals surface area contributed by atoms with E-state index in [-0.39, 0.29) is 6.10 Å². The first kappa shape index (κ1) is 16.2. The van der Waals surface area contributed by atoms with Crippen molar-refractivity contribution in [3.8, 4) is 5.75 Å². The van der Waals surface area contributed by atoms with E-state index in [1.54, 1.807) is 0 Å². The van der Waals surface area contributed by atoms with Gasteiger partial charge < -0.3 is 9.84 Å². The van der Waals surface area contributed by atoms with E-state index in [0.717, 1.165) is 51.6 Å². The lowest BCUT2D eigenvalue weighted by molar-refractivity contribution is 0.0750. The van der Waals surface area contributed by atoms with Gasteiger partial charge in [-0.1, -0.05) is 30.3 Å². The molecule has 1 aliphatic rings. The van der Waals surface area contributed by atoms with Crippen molar-refractivity contribution in [2.45, 2.75) is 13.0 Å². The molecule has 1 atom stereocenters. The molecule has 1 unspecified atom stereocenters. The molecule has 0 radical (unpaired) electrons. The highest BCUT2D eigenvalue weighted by atomic mass is 16.5. The van der Waals surface area contributed by atoms with Crippen LogP contribution in [0.15, 0.2) is 42.5 Å². The Bertz CT molecular complexity index is 622. The Morgan fingerprint density at radius 2 is 1.70 bits per heavy atom. The van der Waals surface area contributed by atoms with Gasteiger partial charge in [0.2, 0.25) is 0 Å². The Labute approximate surface area is 138 Å². The van der Waals surface area contributed by atoms with Crippen LogP contribution < -0.4 is 4.74 Å². The van der Waals surface area contributed by atoms with Crippen molar-refractivity contribution in [2.24, 2.45) is 0 Å². The molecule has 2 aromatic carbocycles. The summed E-state index contributed by atoms with van der Waals surface area (Å²) in [5.41, 5.74) is 0. The highest BCUT2D eigenvalue weighted by Gasteiger charge is 2.17. The van der Waals surface area contributed by atoms with Gasteiger partial charge in [0.05, 0.1) is 6.10 Å². The van der Waals surface area contributed by atoms with E-state index in [2.05, 4.69) is 46.2 Å². The topological polar surface area (TPSA) is 35.9 Å². The summed E-state index contributed by atoms with van der Waals surface area (Å²) in [5, 5.41) is 11.9. The number of β-amino-alcohol motifs (C(OH)–C–C–N with tert-alkyl or cyclic N) is 1. The Kier molecular flexibility index (Phi) is 5.49. The summed E-state index contributed by atoms with van der Waals surface area (Å²) < 4.78 is 5.91. The summed E-state index contributed by atoms with van der Waals surface area (Å²) in [5.74, 6) is 0.941. The fraction of sp³-hybridized carbons (Fsp3) is 0.474. The van der Waals surface area contributed by atoms with E-state index in [4.69, 9.17) is 4.74 Å². The van der Waals surface area contributed by atoms with Gasteiger partial charge in [0, 0.05) is 39.3 Å². The number of hydrogen-bond acceptors (Lipinski definition) is 4. The van der Waals surface area contributed by atoms with Crippen molar-refractivity contribution < 1.29 is 9.84 Å². The summed E-state index contributed by atoms with van der Waals surface area (Å²) in [6, 6.07) is 14.6. The largest absolute Gasteiger partial charge is 0.492 e. The lowest BCUT2D eigenvalue weighted by Crippen LogP contribution is -2.49. The number of rotatable bonds is 6. The summed E-state index contributed by atoms with van der Waals surface area (Å²) in [7, 11) is 0. The van der Waals surface area contributed by atoms with Crippen LogP contribution in [0.3, 0.4) is 0 Å². The third kappa shape index (κ3) is 4.67. The molecule has 1 saturated heterocycles. The number of hydrogen-bond donors (Lipinski definition) is 1. The van der Waals surface area contributed by atoms with Crippen LogP contribution in [0.5, 0.6) is 5.75 Å². The SMILES string of the molecule is CC(O)CN1CCN(CCOc2ccc3ccccc3c2)CC1. The summed E-state index contributed by atoms with van der Waals surface area (Å²) >= 11 is 0. The molecule has 0 spiro atoms. The highest BCUT2D eigenvalue weighted by molar-refractivity contribution is 5.83. The minimum Gasteiger partial charge on any atom is -0.492 e. The smallest absolute Gasteiger partial charge is 0.120 e. The summed E-state index contributed by atoms with van der Waals surface area (Å²) in [4.78, 5) is 4.75. The number of fused-ring (bicyclic) bond motifs is 1. The minimum atomic E-state index is -0.238. The van der Waals surface area contributed by atoms with Crippen molar-refractivity contribution in [1.82, 2.24) is 9.80 Å². The Balaban J connectivity index is 1.42. The maximum absolute atomic E-state index is 9.44. The van der Waals surface area contributed by atoms with Crippen molar-refractivity contribution >= 4 is 10.8 Å². The molecule has 1 fully saturated rings. The van der Waals surface area contributed by atoms with Crippen LogP contribution in [0.25, 0.3) is 10.8 Å². The minimum absolute atomic E-state index is 0.238. The molecule has 124 valence electrons. The second kappa shape index (κ2) is 7.77. The van der Waals surface area contributed by atoms with Gasteiger partial charge in [0.25, 0.3) is 0 Å². The molecule has 2 aromatic rings. The van der Waals surface area contributed by atoms with Crippen molar-refractivity contribution in [3.63, 3.8) is 0 Å². The zero-order valence-corrected chi connectivity index (χ0v) is 13.8. The van der Waals surface area contributed by atoms with Gasteiger partial charge in [-0.3, -0.25) is 9.80 Å². The van der Waals surface area contributed by atoms with Gasteiger partial charge in [0.1, 0.15) is 12.4 Å². The Morgan fingerprint density at radius 1 is 1.00 bits per heavy atom. The first-order valence-electron chi connectivity index (χ1n) is 8.45. The Hall–Kier alpha value is -1.62. The molecule has 23 heavy (non-hydrogen) atoms. The molecule has 0 saturated carbocycles. The van der Waals surface area contributed by atoms with Gasteiger partial charge in [-0.2, -0.15) is 0 Å². The quantitative estimate of drug-likeness (QED) is 0.887. The molecular formula is C19H26N2O2. The van der Waals surface area contributed by atoms with E-state index in [9.17, 15) is 5.11 Å². The fourth-order valence-electron chi connectivity index (χ4n) is 3.12. The van der Waals surface area contributed by atoms with Crippen LogP contribution in [0.4, 0.5) is 0 Å². The number of ether oxygens (including phenoxy) is 1. The average Bonchev–Trinajstić information content (AvgIpc) is 2.56. The van der Waals surface area contributed by atoms with E-state index in [0.29, 0.717) is 0 Å². The molecule has 0 aromatic heterocycles. The van der Waals surface area contributed by atoms with Crippen molar-refractivity contribution in [1.29, 1.82) is 0 Å². The van der Waals surface area contributed by atoms with Crippen molar-refractivity contribution in [2.75, 3.05) is 45.9 Å². The van der Waals surface area contributed by atoms with E-state index < -0.39 is 0 Å². The van der Waals surface area contributed by atoms with Crippen LogP contribution in [0, 0.1) is 0 Å². The Morgan fingerprint density at radius 3 is 2.43 bits per heavy atom. The molecule has 3 rings (SSSR count). The van der Waals surface area contributed by atoms with E-state index in [1.165, 1.54) is 10.8 Å². The van der Waals surface area contributed by atoms with Gasteiger partial charge >= 0.3 is 0 Å². The molecule has 1 heterocycles. The normalized spacial score (nSPS) is 18.2. The maximum atomic E-state index is 9.44. The predicted octanol–water partition coefficient (Wildman–Crippen LogP) is 2.22. The van der Waals surface area contributed by atoms with Gasteiger partial charge in [-0.05, 0) is 29.8 Å². The number of nitrogens with zero attached hydrogens (tertiary/aromatic N) is 2. The first-order valence-corrected chi connectivity index (χ1v) is 8.45. The maximum Gasteiger partial charge on any atom is 0.120 e. The third-order valence-corrected chi connectivity index (χ3v) is 4.38. The van der Waals surface area contributed by atoms with E-state index in [1.807, 2.05) is 13.0 Å². The zero-order valence-electron chi connectivity index (χ0n) is 13.8. The first-order chi connectivity index (χ1) is 11.2. The van der Waals surface area contributed by atoms with Gasteiger partial charge in [-0.15, -0.1) is 0 Å². The average molecular weight is 314 g/mol. The number of aliphatic hydroxyl groups is 1.